The SMILES string of the molecule is Cl.Ic1ccc(Oc2ccc(OC3CN4CCC3CC4)cc2)cc1. The molecule has 0 radical (unpaired) electrons. The lowest BCUT2D eigenvalue weighted by Gasteiger charge is -2.44. The highest BCUT2D eigenvalue weighted by atomic mass is 127. The monoisotopic (exact) mass is 457 g/mol. The molecule has 3 saturated heterocycles. The summed E-state index contributed by atoms with van der Waals surface area (Å²) < 4.78 is 13.3. The number of hydrogen-bond acceptors (Lipinski definition) is 3. The Morgan fingerprint density at radius 3 is 1.92 bits per heavy atom. The summed E-state index contributed by atoms with van der Waals surface area (Å²) in [6, 6.07) is 16.0. The predicted octanol–water partition coefficient (Wildman–Crippen LogP) is 4.98. The van der Waals surface area contributed by atoms with Crippen molar-refractivity contribution in [1.29, 1.82) is 0 Å². The number of benzene rings is 2. The van der Waals surface area contributed by atoms with Gasteiger partial charge in [0.05, 0.1) is 0 Å². The van der Waals surface area contributed by atoms with Crippen LogP contribution in [0.5, 0.6) is 17.2 Å². The molecule has 0 aliphatic carbocycles. The van der Waals surface area contributed by atoms with Crippen LogP contribution in [-0.4, -0.2) is 30.6 Å². The van der Waals surface area contributed by atoms with Gasteiger partial charge in [0, 0.05) is 10.1 Å². The van der Waals surface area contributed by atoms with Crippen molar-refractivity contribution < 1.29 is 9.47 Å². The highest BCUT2D eigenvalue weighted by Crippen LogP contribution is 2.31. The topological polar surface area (TPSA) is 21.7 Å². The molecule has 0 N–H and O–H groups in total. The molecule has 24 heavy (non-hydrogen) atoms. The average Bonchev–Trinajstić information content (AvgIpc) is 2.60. The zero-order valence-corrected chi connectivity index (χ0v) is 16.3. The number of hydrogen-bond donors (Lipinski definition) is 0. The first-order chi connectivity index (χ1) is 11.3. The highest BCUT2D eigenvalue weighted by molar-refractivity contribution is 14.1. The van der Waals surface area contributed by atoms with Gasteiger partial charge < -0.3 is 9.47 Å². The molecule has 3 aliphatic rings. The van der Waals surface area contributed by atoms with Gasteiger partial charge in [0.1, 0.15) is 23.4 Å². The summed E-state index contributed by atoms with van der Waals surface area (Å²) in [6.07, 6.45) is 2.90. The Kier molecular flexibility index (Phi) is 5.89. The zero-order valence-electron chi connectivity index (χ0n) is 13.4. The van der Waals surface area contributed by atoms with Crippen molar-refractivity contribution in [3.05, 3.63) is 52.1 Å². The van der Waals surface area contributed by atoms with Gasteiger partial charge in [0.25, 0.3) is 0 Å². The van der Waals surface area contributed by atoms with Crippen LogP contribution in [0, 0.1) is 9.49 Å². The van der Waals surface area contributed by atoms with Crippen molar-refractivity contribution in [3.8, 4) is 17.2 Å². The second-order valence-electron chi connectivity index (χ2n) is 6.32. The van der Waals surface area contributed by atoms with Crippen molar-refractivity contribution in [2.45, 2.75) is 18.9 Å². The Morgan fingerprint density at radius 1 is 0.833 bits per heavy atom. The third-order valence-corrected chi connectivity index (χ3v) is 5.48. The first-order valence-corrected chi connectivity index (χ1v) is 9.27. The van der Waals surface area contributed by atoms with Crippen LogP contribution in [0.2, 0.25) is 0 Å². The van der Waals surface area contributed by atoms with Crippen LogP contribution in [0.4, 0.5) is 0 Å². The minimum absolute atomic E-state index is 0. The van der Waals surface area contributed by atoms with Gasteiger partial charge in [-0.1, -0.05) is 0 Å². The van der Waals surface area contributed by atoms with Gasteiger partial charge in [0.15, 0.2) is 0 Å². The molecule has 128 valence electrons. The van der Waals surface area contributed by atoms with Crippen molar-refractivity contribution in [3.63, 3.8) is 0 Å². The van der Waals surface area contributed by atoms with E-state index in [-0.39, 0.29) is 12.4 Å². The molecule has 3 nitrogen and oxygen atoms in total. The van der Waals surface area contributed by atoms with E-state index >= 15 is 0 Å². The molecule has 3 fully saturated rings. The summed E-state index contributed by atoms with van der Waals surface area (Å²) in [6.45, 7) is 3.56. The van der Waals surface area contributed by atoms with E-state index in [0.29, 0.717) is 6.10 Å². The number of piperidine rings is 3. The fourth-order valence-corrected chi connectivity index (χ4v) is 3.80. The van der Waals surface area contributed by atoms with Crippen LogP contribution >= 0.6 is 35.0 Å². The number of halogens is 2. The molecule has 5 heteroatoms. The van der Waals surface area contributed by atoms with E-state index in [2.05, 4.69) is 27.5 Å². The Hall–Kier alpha value is -0.980. The third kappa shape index (κ3) is 4.16. The third-order valence-electron chi connectivity index (χ3n) is 4.76. The minimum atomic E-state index is 0. The van der Waals surface area contributed by atoms with Crippen molar-refractivity contribution in [1.82, 2.24) is 4.90 Å². The molecule has 3 heterocycles. The average molecular weight is 458 g/mol. The molecule has 2 aromatic rings. The fourth-order valence-electron chi connectivity index (χ4n) is 3.44. The van der Waals surface area contributed by atoms with Gasteiger partial charge in [-0.25, -0.2) is 0 Å². The van der Waals surface area contributed by atoms with Gasteiger partial charge >= 0.3 is 0 Å². The van der Waals surface area contributed by atoms with Gasteiger partial charge in [-0.2, -0.15) is 0 Å². The molecule has 0 amide bonds. The molecule has 0 saturated carbocycles. The number of rotatable bonds is 4. The molecule has 1 atom stereocenters. The molecule has 1 unspecified atom stereocenters. The quantitative estimate of drug-likeness (QED) is 0.605. The Labute approximate surface area is 162 Å². The van der Waals surface area contributed by atoms with E-state index in [0.717, 1.165) is 29.7 Å². The van der Waals surface area contributed by atoms with Crippen LogP contribution in [-0.2, 0) is 0 Å². The summed E-state index contributed by atoms with van der Waals surface area (Å²) in [5, 5.41) is 0. The maximum atomic E-state index is 6.21. The van der Waals surface area contributed by atoms with E-state index in [1.165, 1.54) is 29.5 Å². The Balaban J connectivity index is 0.00000169. The fraction of sp³-hybridized carbons (Fsp3) is 0.368. The summed E-state index contributed by atoms with van der Waals surface area (Å²) in [5.74, 6) is 3.37. The summed E-state index contributed by atoms with van der Waals surface area (Å²) in [7, 11) is 0. The Bertz CT molecular complexity index is 654. The minimum Gasteiger partial charge on any atom is -0.489 e. The molecule has 0 aromatic heterocycles. The smallest absolute Gasteiger partial charge is 0.127 e. The number of ether oxygens (including phenoxy) is 2. The summed E-state index contributed by atoms with van der Waals surface area (Å²) >= 11 is 2.29. The predicted molar refractivity (Wildman–Crippen MR) is 107 cm³/mol. The normalized spacial score (nSPS) is 25.0. The van der Waals surface area contributed by atoms with Crippen LogP contribution in [0.1, 0.15) is 12.8 Å². The lowest BCUT2D eigenvalue weighted by Crippen LogP contribution is -2.52. The molecule has 5 rings (SSSR count). The van der Waals surface area contributed by atoms with E-state index < -0.39 is 0 Å². The van der Waals surface area contributed by atoms with Crippen LogP contribution in [0.3, 0.4) is 0 Å². The molecule has 2 bridgehead atoms. The first kappa shape index (κ1) is 17.8. The van der Waals surface area contributed by atoms with Crippen molar-refractivity contribution in [2.24, 2.45) is 5.92 Å². The molecular weight excluding hydrogens is 437 g/mol. The van der Waals surface area contributed by atoms with Gasteiger partial charge in [-0.15, -0.1) is 12.4 Å². The lowest BCUT2D eigenvalue weighted by molar-refractivity contribution is -0.00777. The molecule has 0 spiro atoms. The lowest BCUT2D eigenvalue weighted by atomic mass is 9.86. The molecule has 2 aromatic carbocycles. The van der Waals surface area contributed by atoms with E-state index in [1.54, 1.807) is 0 Å². The van der Waals surface area contributed by atoms with E-state index in [9.17, 15) is 0 Å². The van der Waals surface area contributed by atoms with Crippen LogP contribution in [0.15, 0.2) is 48.5 Å². The second-order valence-corrected chi connectivity index (χ2v) is 7.57. The number of nitrogens with zero attached hydrogens (tertiary/aromatic N) is 1. The molecule has 3 aliphatic heterocycles. The van der Waals surface area contributed by atoms with Gasteiger partial charge in [0.2, 0.25) is 0 Å². The molecular formula is C19H21ClINO2. The van der Waals surface area contributed by atoms with Crippen molar-refractivity contribution in [2.75, 3.05) is 19.6 Å². The second kappa shape index (κ2) is 7.93. The Morgan fingerprint density at radius 2 is 1.38 bits per heavy atom. The summed E-state index contributed by atoms with van der Waals surface area (Å²) in [5.41, 5.74) is 0. The van der Waals surface area contributed by atoms with E-state index in [4.69, 9.17) is 9.47 Å². The first-order valence-electron chi connectivity index (χ1n) is 8.19. The number of fused-ring (bicyclic) bond motifs is 3. The van der Waals surface area contributed by atoms with Crippen LogP contribution in [0.25, 0.3) is 0 Å². The van der Waals surface area contributed by atoms with E-state index in [1.807, 2.05) is 48.5 Å². The maximum Gasteiger partial charge on any atom is 0.127 e. The highest BCUT2D eigenvalue weighted by Gasteiger charge is 2.35. The van der Waals surface area contributed by atoms with Crippen molar-refractivity contribution >= 4 is 35.0 Å². The van der Waals surface area contributed by atoms with Crippen LogP contribution < -0.4 is 9.47 Å². The standard InChI is InChI=1S/C19H20INO2.ClH/c20-15-1-3-16(4-2-15)22-17-5-7-18(8-6-17)23-19-13-21-11-9-14(19)10-12-21;/h1-8,14,19H,9-13H2;1H. The maximum absolute atomic E-state index is 6.21. The van der Waals surface area contributed by atoms with Gasteiger partial charge in [-0.3, -0.25) is 4.90 Å². The van der Waals surface area contributed by atoms with Gasteiger partial charge in [-0.05, 0) is 103 Å². The largest absolute Gasteiger partial charge is 0.489 e. The summed E-state index contributed by atoms with van der Waals surface area (Å²) in [4.78, 5) is 2.51. The zero-order chi connectivity index (χ0) is 15.6.